The molecule has 6 nitrogen and oxygen atoms in total. The molecule has 0 bridgehead atoms. The normalized spacial score (nSPS) is 16.2. The molecule has 4 aromatic rings. The SMILES string of the molecule is CCOc1cc(C2/C(=C(\O)c3ccccc3)C(=O)C(=O)N2CCc2ccccc2)ccc1OCc1ccccc1. The van der Waals surface area contributed by atoms with Gasteiger partial charge in [-0.15, -0.1) is 0 Å². The fraction of sp³-hybridized carbons (Fsp3) is 0.176. The average molecular weight is 534 g/mol. The Labute approximate surface area is 234 Å². The minimum Gasteiger partial charge on any atom is -0.507 e. The molecule has 1 amide bonds. The molecule has 1 atom stereocenters. The summed E-state index contributed by atoms with van der Waals surface area (Å²) in [5.41, 5.74) is 3.25. The molecule has 1 unspecified atom stereocenters. The van der Waals surface area contributed by atoms with Gasteiger partial charge < -0.3 is 19.5 Å². The second-order valence-corrected chi connectivity index (χ2v) is 9.51. The summed E-state index contributed by atoms with van der Waals surface area (Å²) in [4.78, 5) is 28.3. The highest BCUT2D eigenvalue weighted by atomic mass is 16.5. The topological polar surface area (TPSA) is 76.1 Å². The van der Waals surface area contributed by atoms with Crippen molar-refractivity contribution in [1.82, 2.24) is 4.90 Å². The number of aliphatic hydroxyl groups excluding tert-OH is 1. The molecular formula is C34H31NO5. The van der Waals surface area contributed by atoms with Gasteiger partial charge in [-0.2, -0.15) is 0 Å². The van der Waals surface area contributed by atoms with Crippen LogP contribution in [0.3, 0.4) is 0 Å². The molecule has 0 saturated carbocycles. The van der Waals surface area contributed by atoms with E-state index in [-0.39, 0.29) is 11.3 Å². The number of Topliss-reactive ketones (excluding diaryl/α,β-unsaturated/α-hetero) is 1. The maximum Gasteiger partial charge on any atom is 0.295 e. The predicted molar refractivity (Wildman–Crippen MR) is 154 cm³/mol. The molecule has 0 aliphatic carbocycles. The van der Waals surface area contributed by atoms with Gasteiger partial charge in [0.1, 0.15) is 12.4 Å². The van der Waals surface area contributed by atoms with E-state index in [1.807, 2.05) is 79.7 Å². The molecule has 202 valence electrons. The van der Waals surface area contributed by atoms with Crippen molar-refractivity contribution in [3.63, 3.8) is 0 Å². The maximum absolute atomic E-state index is 13.4. The van der Waals surface area contributed by atoms with Crippen LogP contribution in [0.15, 0.2) is 115 Å². The molecular weight excluding hydrogens is 502 g/mol. The lowest BCUT2D eigenvalue weighted by Crippen LogP contribution is -2.31. The van der Waals surface area contributed by atoms with E-state index < -0.39 is 17.7 Å². The molecule has 5 rings (SSSR count). The molecule has 1 aliphatic rings. The minimum absolute atomic E-state index is 0.0599. The summed E-state index contributed by atoms with van der Waals surface area (Å²) >= 11 is 0. The third kappa shape index (κ3) is 5.76. The minimum atomic E-state index is -0.786. The number of ketones is 1. The zero-order chi connectivity index (χ0) is 27.9. The monoisotopic (exact) mass is 533 g/mol. The molecule has 4 aromatic carbocycles. The van der Waals surface area contributed by atoms with Crippen LogP contribution < -0.4 is 9.47 Å². The Balaban J connectivity index is 1.54. The van der Waals surface area contributed by atoms with Crippen molar-refractivity contribution in [3.05, 3.63) is 137 Å². The average Bonchev–Trinajstić information content (AvgIpc) is 3.25. The summed E-state index contributed by atoms with van der Waals surface area (Å²) in [6.45, 7) is 2.96. The first-order valence-electron chi connectivity index (χ1n) is 13.4. The Morgan fingerprint density at radius 3 is 2.05 bits per heavy atom. The van der Waals surface area contributed by atoms with Crippen LogP contribution in [-0.2, 0) is 22.6 Å². The van der Waals surface area contributed by atoms with E-state index >= 15 is 0 Å². The van der Waals surface area contributed by atoms with Crippen LogP contribution in [0.4, 0.5) is 0 Å². The second kappa shape index (κ2) is 12.3. The fourth-order valence-electron chi connectivity index (χ4n) is 4.92. The third-order valence-corrected chi connectivity index (χ3v) is 6.89. The summed E-state index contributed by atoms with van der Waals surface area (Å²) in [5, 5.41) is 11.3. The molecule has 40 heavy (non-hydrogen) atoms. The number of aliphatic hydroxyl groups is 1. The van der Waals surface area contributed by atoms with Crippen molar-refractivity contribution < 1.29 is 24.2 Å². The van der Waals surface area contributed by atoms with Crippen molar-refractivity contribution in [2.24, 2.45) is 0 Å². The standard InChI is InChI=1S/C34H31NO5/c1-2-39-29-22-27(18-19-28(29)40-23-25-14-8-4-9-15-25)31-30(32(36)26-16-10-5-11-17-26)33(37)34(38)35(31)21-20-24-12-6-3-7-13-24/h3-19,22,31,36H,2,20-21,23H2,1H3/b32-30+. The summed E-state index contributed by atoms with van der Waals surface area (Å²) in [5.74, 6) is -0.487. The smallest absolute Gasteiger partial charge is 0.295 e. The van der Waals surface area contributed by atoms with E-state index in [4.69, 9.17) is 9.47 Å². The Bertz CT molecular complexity index is 1500. The molecule has 1 N–H and O–H groups in total. The molecule has 1 saturated heterocycles. The number of ether oxygens (including phenoxy) is 2. The summed E-state index contributed by atoms with van der Waals surface area (Å²) < 4.78 is 12.0. The van der Waals surface area contributed by atoms with Gasteiger partial charge in [0.25, 0.3) is 11.7 Å². The Morgan fingerprint density at radius 2 is 1.40 bits per heavy atom. The van der Waals surface area contributed by atoms with Crippen LogP contribution in [-0.4, -0.2) is 34.8 Å². The fourth-order valence-corrected chi connectivity index (χ4v) is 4.92. The molecule has 0 spiro atoms. The van der Waals surface area contributed by atoms with Gasteiger partial charge in [0.2, 0.25) is 0 Å². The molecule has 1 fully saturated rings. The van der Waals surface area contributed by atoms with Crippen LogP contribution in [0.5, 0.6) is 11.5 Å². The zero-order valence-electron chi connectivity index (χ0n) is 22.3. The van der Waals surface area contributed by atoms with E-state index in [0.29, 0.717) is 48.8 Å². The van der Waals surface area contributed by atoms with Crippen molar-refractivity contribution in [1.29, 1.82) is 0 Å². The number of hydrogen-bond donors (Lipinski definition) is 1. The largest absolute Gasteiger partial charge is 0.507 e. The predicted octanol–water partition coefficient (Wildman–Crippen LogP) is 6.33. The summed E-state index contributed by atoms with van der Waals surface area (Å²) in [6, 6.07) is 33.1. The van der Waals surface area contributed by atoms with Crippen molar-refractivity contribution in [2.75, 3.05) is 13.2 Å². The van der Waals surface area contributed by atoms with Crippen LogP contribution in [0, 0.1) is 0 Å². The quantitative estimate of drug-likeness (QED) is 0.147. The molecule has 1 heterocycles. The van der Waals surface area contributed by atoms with Gasteiger partial charge in [0.05, 0.1) is 18.2 Å². The van der Waals surface area contributed by atoms with Gasteiger partial charge in [-0.1, -0.05) is 97.1 Å². The van der Waals surface area contributed by atoms with Gasteiger partial charge >= 0.3 is 0 Å². The summed E-state index contributed by atoms with van der Waals surface area (Å²) in [6.07, 6.45) is 0.562. The van der Waals surface area contributed by atoms with E-state index in [1.165, 1.54) is 0 Å². The highest BCUT2D eigenvalue weighted by Crippen LogP contribution is 2.42. The third-order valence-electron chi connectivity index (χ3n) is 6.89. The van der Waals surface area contributed by atoms with E-state index in [0.717, 1.165) is 11.1 Å². The highest BCUT2D eigenvalue weighted by molar-refractivity contribution is 6.46. The van der Waals surface area contributed by atoms with Crippen LogP contribution >= 0.6 is 0 Å². The number of amides is 1. The second-order valence-electron chi connectivity index (χ2n) is 9.51. The number of hydrogen-bond acceptors (Lipinski definition) is 5. The molecule has 1 aliphatic heterocycles. The Hall–Kier alpha value is -4.84. The van der Waals surface area contributed by atoms with E-state index in [2.05, 4.69) is 0 Å². The van der Waals surface area contributed by atoms with Crippen molar-refractivity contribution >= 4 is 17.4 Å². The van der Waals surface area contributed by atoms with Gasteiger partial charge in [-0.3, -0.25) is 9.59 Å². The summed E-state index contributed by atoms with van der Waals surface area (Å²) in [7, 11) is 0. The van der Waals surface area contributed by atoms with Crippen LogP contribution in [0.25, 0.3) is 5.76 Å². The number of likely N-dealkylation sites (tertiary alicyclic amines) is 1. The molecule has 6 heteroatoms. The van der Waals surface area contributed by atoms with Crippen molar-refractivity contribution in [2.45, 2.75) is 26.0 Å². The van der Waals surface area contributed by atoms with Crippen molar-refractivity contribution in [3.8, 4) is 11.5 Å². The van der Waals surface area contributed by atoms with Gasteiger partial charge in [-0.25, -0.2) is 0 Å². The molecule has 0 aromatic heterocycles. The Kier molecular flexibility index (Phi) is 8.26. The van der Waals surface area contributed by atoms with Gasteiger partial charge in [-0.05, 0) is 42.2 Å². The first kappa shape index (κ1) is 26.8. The zero-order valence-corrected chi connectivity index (χ0v) is 22.3. The molecule has 0 radical (unpaired) electrons. The van der Waals surface area contributed by atoms with E-state index in [1.54, 1.807) is 41.3 Å². The number of rotatable bonds is 10. The Morgan fingerprint density at radius 1 is 0.775 bits per heavy atom. The lowest BCUT2D eigenvalue weighted by molar-refractivity contribution is -0.139. The van der Waals surface area contributed by atoms with E-state index in [9.17, 15) is 14.7 Å². The van der Waals surface area contributed by atoms with Crippen LogP contribution in [0.1, 0.15) is 35.2 Å². The van der Waals surface area contributed by atoms with Crippen LogP contribution in [0.2, 0.25) is 0 Å². The number of nitrogens with zero attached hydrogens (tertiary/aromatic N) is 1. The lowest BCUT2D eigenvalue weighted by atomic mass is 9.95. The maximum atomic E-state index is 13.4. The van der Waals surface area contributed by atoms with Gasteiger partial charge in [0.15, 0.2) is 11.5 Å². The number of benzene rings is 4. The first-order valence-corrected chi connectivity index (χ1v) is 13.4. The lowest BCUT2D eigenvalue weighted by Gasteiger charge is -2.26. The highest BCUT2D eigenvalue weighted by Gasteiger charge is 2.46. The number of carbonyl (C=O) groups is 2. The van der Waals surface area contributed by atoms with Gasteiger partial charge in [0, 0.05) is 12.1 Å². The number of carbonyl (C=O) groups excluding carboxylic acids is 2. The first-order chi connectivity index (χ1) is 19.6.